The summed E-state index contributed by atoms with van der Waals surface area (Å²) in [4.78, 5) is 66.1. The third-order valence-corrected chi connectivity index (χ3v) is 10.1. The van der Waals surface area contributed by atoms with Gasteiger partial charge in [-0.3, -0.25) is 23.2 Å². The Morgan fingerprint density at radius 2 is 1.83 bits per heavy atom. The van der Waals surface area contributed by atoms with Gasteiger partial charge in [-0.05, 0) is 24.5 Å². The predicted molar refractivity (Wildman–Crippen MR) is 178 cm³/mol. The number of nitrogens with zero attached hydrogens (tertiary/aromatic N) is 2. The molecule has 1 aromatic heterocycles. The third-order valence-electron chi connectivity index (χ3n) is 9.12. The van der Waals surface area contributed by atoms with Crippen LogP contribution < -0.4 is 22.1 Å². The molecule has 0 spiro atoms. The molecule has 0 amide bonds. The number of aliphatic carboxylic acids is 1. The zero-order valence-electron chi connectivity index (χ0n) is 28.6. The second-order valence-corrected chi connectivity index (χ2v) is 14.2. The number of benzene rings is 1. The molecule has 3 heterocycles. The normalized spacial score (nSPS) is 29.6. The Balaban J connectivity index is 1.43. The number of aryl methyl sites for hydroxylation is 1. The Morgan fingerprint density at radius 3 is 2.43 bits per heavy atom. The van der Waals surface area contributed by atoms with Gasteiger partial charge in [-0.2, -0.15) is 4.98 Å². The number of ether oxygens (including phenoxy) is 2. The number of rotatable bonds is 18. The van der Waals surface area contributed by atoms with E-state index in [0.29, 0.717) is 24.8 Å². The molecule has 4 rings (SSSR count). The molecule has 0 radical (unpaired) electrons. The molecule has 0 aliphatic carbocycles. The largest absolute Gasteiger partial charge is 0.756 e. The van der Waals surface area contributed by atoms with E-state index in [4.69, 9.17) is 30.0 Å². The number of phosphoric acid groups is 1. The first kappa shape index (κ1) is 42.2. The number of carbonyl (C=O) groups excluding carboxylic acids is 2. The maximum absolute atomic E-state index is 13.0. The molecular formula is C32H44N4O16P-. The number of anilines is 1. The van der Waals surface area contributed by atoms with Gasteiger partial charge in [0.2, 0.25) is 0 Å². The number of aromatic nitrogens is 2. The molecular weight excluding hydrogens is 727 g/mol. The Kier molecular flexibility index (Phi) is 14.2. The number of nitrogens with two attached hydrogens (primary N) is 2. The number of ketones is 2. The molecule has 10 N–H and O–H groups in total. The molecule has 2 aromatic rings. The molecule has 294 valence electrons. The van der Waals surface area contributed by atoms with Crippen molar-refractivity contribution in [2.75, 3.05) is 18.9 Å². The molecule has 20 nitrogen and oxygen atoms in total. The Hall–Kier alpha value is -3.50. The summed E-state index contributed by atoms with van der Waals surface area (Å²) in [5, 5.41) is 63.3. The van der Waals surface area contributed by atoms with Crippen molar-refractivity contribution in [1.82, 2.24) is 9.55 Å². The summed E-state index contributed by atoms with van der Waals surface area (Å²) in [6, 6.07) is 8.11. The van der Waals surface area contributed by atoms with E-state index >= 15 is 0 Å². The Morgan fingerprint density at radius 1 is 1.15 bits per heavy atom. The minimum atomic E-state index is -5.79. The van der Waals surface area contributed by atoms with Crippen molar-refractivity contribution in [1.29, 1.82) is 0 Å². The number of nitrogen functional groups attached to an aromatic ring is 1. The molecule has 1 aromatic carbocycles. The monoisotopic (exact) mass is 771 g/mol. The first-order valence-corrected chi connectivity index (χ1v) is 18.2. The van der Waals surface area contributed by atoms with E-state index in [0.717, 1.165) is 16.3 Å². The minimum absolute atomic E-state index is 0.0132. The summed E-state index contributed by atoms with van der Waals surface area (Å²) in [5.74, 6) is -7.27. The fourth-order valence-corrected chi connectivity index (χ4v) is 7.11. The summed E-state index contributed by atoms with van der Waals surface area (Å²) in [6.45, 7) is 0.111. The summed E-state index contributed by atoms with van der Waals surface area (Å²) < 4.78 is 34.3. The molecule has 53 heavy (non-hydrogen) atoms. The van der Waals surface area contributed by atoms with Crippen LogP contribution in [0.2, 0.25) is 0 Å². The van der Waals surface area contributed by atoms with Crippen LogP contribution in [0, 0.1) is 5.92 Å². The van der Waals surface area contributed by atoms with Crippen LogP contribution in [0.3, 0.4) is 0 Å². The summed E-state index contributed by atoms with van der Waals surface area (Å²) >= 11 is 0. The SMILES string of the molecule is CCC(=O)c1ccc(CCCC(=O)C[C@H]2C([C@H](O)[C@H](O)CN)O[C@](OP(=O)([O-])OC[C@H]3O[C@@H](n4ccc(N)nc4=O)C(O)[C@H]3O)(C(=O)O)C[C@H]2O)cc1. The van der Waals surface area contributed by atoms with Crippen LogP contribution in [-0.2, 0) is 39.1 Å². The molecule has 0 bridgehead atoms. The van der Waals surface area contributed by atoms with Crippen LogP contribution in [0.15, 0.2) is 41.3 Å². The van der Waals surface area contributed by atoms with Gasteiger partial charge < -0.3 is 61.0 Å². The summed E-state index contributed by atoms with van der Waals surface area (Å²) in [6.07, 6.45) is -13.6. The minimum Gasteiger partial charge on any atom is -0.756 e. The summed E-state index contributed by atoms with van der Waals surface area (Å²) in [5.41, 5.74) is 11.4. The number of hydrogen-bond donors (Lipinski definition) is 8. The van der Waals surface area contributed by atoms with Crippen LogP contribution >= 0.6 is 7.82 Å². The average molecular weight is 772 g/mol. The lowest BCUT2D eigenvalue weighted by Gasteiger charge is -2.47. The maximum atomic E-state index is 13.0. The van der Waals surface area contributed by atoms with E-state index < -0.39 is 112 Å². The molecule has 21 heteroatoms. The standard InChI is InChI=1S/C32H45N4O16P/c1-2-20(38)17-8-6-16(7-9-17)4-3-5-18(37)12-19-21(39)13-32(30(44)45,51-28(19)25(41)22(40)14-33)52-53(47,48)49-15-23-26(42)27(43)29(50-23)36-11-10-24(34)35-31(36)46/h6-11,19,21-23,25-29,39-43H,2-5,12-15,33H2,1H3,(H,44,45)(H,47,48)(H2,34,35,46)/p-1/t19-,21-,22-,23-,25-,26+,27?,28?,29-,32-/m1/s1. The number of aliphatic hydroxyl groups is 5. The fourth-order valence-electron chi connectivity index (χ4n) is 6.17. The molecule has 2 fully saturated rings. The average Bonchev–Trinajstić information content (AvgIpc) is 3.39. The van der Waals surface area contributed by atoms with Crippen molar-refractivity contribution in [2.24, 2.45) is 11.7 Å². The smallest absolute Gasteiger partial charge is 0.364 e. The number of carboxylic acids is 1. The first-order valence-electron chi connectivity index (χ1n) is 16.7. The Labute approximate surface area is 302 Å². The molecule has 2 aliphatic rings. The number of carboxylic acid groups (broad SMARTS) is 1. The highest BCUT2D eigenvalue weighted by Gasteiger charge is 2.57. The molecule has 0 saturated carbocycles. The van der Waals surface area contributed by atoms with Gasteiger partial charge in [-0.15, -0.1) is 0 Å². The zero-order valence-corrected chi connectivity index (χ0v) is 29.5. The van der Waals surface area contributed by atoms with Gasteiger partial charge in [0.25, 0.3) is 13.6 Å². The van der Waals surface area contributed by atoms with Crippen LogP contribution in [-0.4, -0.2) is 119 Å². The van der Waals surface area contributed by atoms with Crippen molar-refractivity contribution in [3.8, 4) is 0 Å². The van der Waals surface area contributed by atoms with Crippen LogP contribution in [0.25, 0.3) is 0 Å². The van der Waals surface area contributed by atoms with E-state index in [1.807, 2.05) is 0 Å². The van der Waals surface area contributed by atoms with Gasteiger partial charge in [-0.25, -0.2) is 9.59 Å². The zero-order chi connectivity index (χ0) is 39.2. The number of Topliss-reactive ketones (excluding diaryl/α,β-unsaturated/α-hetero) is 2. The lowest BCUT2D eigenvalue weighted by molar-refractivity contribution is -0.319. The maximum Gasteiger partial charge on any atom is 0.364 e. The van der Waals surface area contributed by atoms with Gasteiger partial charge in [0.15, 0.2) is 12.0 Å². The van der Waals surface area contributed by atoms with Gasteiger partial charge in [-0.1, -0.05) is 31.2 Å². The van der Waals surface area contributed by atoms with Gasteiger partial charge in [0.1, 0.15) is 36.0 Å². The van der Waals surface area contributed by atoms with E-state index in [1.165, 1.54) is 6.07 Å². The van der Waals surface area contributed by atoms with E-state index in [1.54, 1.807) is 31.2 Å². The molecule has 11 atom stereocenters. The van der Waals surface area contributed by atoms with Crippen LogP contribution in [0.4, 0.5) is 5.82 Å². The van der Waals surface area contributed by atoms with Gasteiger partial charge >= 0.3 is 11.7 Å². The number of carbonyl (C=O) groups is 3. The van der Waals surface area contributed by atoms with Crippen molar-refractivity contribution < 1.29 is 73.0 Å². The Bertz CT molecular complexity index is 1710. The molecule has 2 aliphatic heterocycles. The first-order chi connectivity index (χ1) is 24.9. The number of hydrogen-bond acceptors (Lipinski definition) is 18. The molecule has 3 unspecified atom stereocenters. The van der Waals surface area contributed by atoms with E-state index in [9.17, 15) is 59.3 Å². The van der Waals surface area contributed by atoms with Crippen molar-refractivity contribution in [3.63, 3.8) is 0 Å². The highest BCUT2D eigenvalue weighted by Crippen LogP contribution is 2.49. The predicted octanol–water partition coefficient (Wildman–Crippen LogP) is -2.25. The lowest BCUT2D eigenvalue weighted by atomic mass is 9.80. The van der Waals surface area contributed by atoms with Crippen molar-refractivity contribution in [2.45, 2.75) is 100 Å². The second-order valence-electron chi connectivity index (χ2n) is 12.9. The lowest BCUT2D eigenvalue weighted by Crippen LogP contribution is -2.62. The number of phosphoric ester groups is 1. The van der Waals surface area contributed by atoms with Crippen molar-refractivity contribution >= 4 is 31.2 Å². The molecule has 2 saturated heterocycles. The summed E-state index contributed by atoms with van der Waals surface area (Å²) in [7, 11) is -5.79. The highest BCUT2D eigenvalue weighted by atomic mass is 31.2. The topological polar surface area (TPSA) is 337 Å². The van der Waals surface area contributed by atoms with Gasteiger partial charge in [0.05, 0.1) is 24.9 Å². The highest BCUT2D eigenvalue weighted by molar-refractivity contribution is 7.45. The van der Waals surface area contributed by atoms with E-state index in [-0.39, 0.29) is 18.0 Å². The van der Waals surface area contributed by atoms with E-state index in [2.05, 4.69) is 4.98 Å². The van der Waals surface area contributed by atoms with Crippen LogP contribution in [0.5, 0.6) is 0 Å². The number of aliphatic hydroxyl groups excluding tert-OH is 5. The van der Waals surface area contributed by atoms with Gasteiger partial charge in [0, 0.05) is 49.9 Å². The third kappa shape index (κ3) is 10.2. The van der Waals surface area contributed by atoms with Crippen molar-refractivity contribution in [3.05, 3.63) is 58.1 Å². The van der Waals surface area contributed by atoms with Crippen LogP contribution in [0.1, 0.15) is 61.2 Å². The fraction of sp³-hybridized carbons (Fsp3) is 0.594. The quantitative estimate of drug-likeness (QED) is 0.0586. The second kappa shape index (κ2) is 17.8.